The minimum atomic E-state index is -4.46. The summed E-state index contributed by atoms with van der Waals surface area (Å²) in [4.78, 5) is 1.32. The molecule has 1 aromatic rings. The second-order valence-electron chi connectivity index (χ2n) is 4.65. The lowest BCUT2D eigenvalue weighted by Crippen LogP contribution is -2.49. The average molecular weight is 290 g/mol. The Morgan fingerprint density at radius 2 is 1.95 bits per heavy atom. The molecular formula is C13H17F3N2O2. The molecule has 1 aromatic carbocycles. The predicted molar refractivity (Wildman–Crippen MR) is 67.9 cm³/mol. The van der Waals surface area contributed by atoms with Gasteiger partial charge < -0.3 is 15.2 Å². The van der Waals surface area contributed by atoms with Crippen molar-refractivity contribution in [1.29, 1.82) is 0 Å². The van der Waals surface area contributed by atoms with Crippen LogP contribution in [0.25, 0.3) is 0 Å². The van der Waals surface area contributed by atoms with Gasteiger partial charge in [-0.05, 0) is 18.2 Å². The van der Waals surface area contributed by atoms with Gasteiger partial charge in [-0.2, -0.15) is 13.2 Å². The Labute approximate surface area is 115 Å². The second kappa shape index (κ2) is 5.88. The molecule has 112 valence electrons. The summed E-state index contributed by atoms with van der Waals surface area (Å²) in [6.07, 6.45) is -4.46. The fraction of sp³-hybridized carbons (Fsp3) is 0.538. The van der Waals surface area contributed by atoms with E-state index in [0.717, 1.165) is 0 Å². The van der Waals surface area contributed by atoms with Crippen LogP contribution in [0.1, 0.15) is 11.6 Å². The lowest BCUT2D eigenvalue weighted by molar-refractivity contribution is -0.188. The fourth-order valence-electron chi connectivity index (χ4n) is 2.40. The maximum Gasteiger partial charge on any atom is 0.408 e. The van der Waals surface area contributed by atoms with Gasteiger partial charge in [-0.3, -0.25) is 4.90 Å². The Morgan fingerprint density at radius 3 is 2.50 bits per heavy atom. The minimum absolute atomic E-state index is 0.168. The van der Waals surface area contributed by atoms with Crippen molar-refractivity contribution in [3.8, 4) is 11.5 Å². The van der Waals surface area contributed by atoms with E-state index in [9.17, 15) is 18.3 Å². The number of methoxy groups -OCH3 is 1. The summed E-state index contributed by atoms with van der Waals surface area (Å²) in [6.45, 7) is 1.55. The molecule has 0 unspecified atom stereocenters. The van der Waals surface area contributed by atoms with Crippen LogP contribution in [-0.4, -0.2) is 49.5 Å². The van der Waals surface area contributed by atoms with Crippen molar-refractivity contribution < 1.29 is 23.0 Å². The summed E-state index contributed by atoms with van der Waals surface area (Å²) >= 11 is 0. The quantitative estimate of drug-likeness (QED) is 0.892. The van der Waals surface area contributed by atoms with Crippen molar-refractivity contribution >= 4 is 0 Å². The fourth-order valence-corrected chi connectivity index (χ4v) is 2.40. The van der Waals surface area contributed by atoms with E-state index in [4.69, 9.17) is 4.74 Å². The first-order valence-electron chi connectivity index (χ1n) is 6.32. The third-order valence-corrected chi connectivity index (χ3v) is 3.36. The van der Waals surface area contributed by atoms with E-state index in [2.05, 4.69) is 5.32 Å². The van der Waals surface area contributed by atoms with Crippen LogP contribution in [-0.2, 0) is 0 Å². The first-order valence-corrected chi connectivity index (χ1v) is 6.32. The van der Waals surface area contributed by atoms with Gasteiger partial charge in [-0.1, -0.05) is 0 Å². The van der Waals surface area contributed by atoms with Crippen LogP contribution in [0.15, 0.2) is 18.2 Å². The van der Waals surface area contributed by atoms with Crippen LogP contribution in [0.4, 0.5) is 13.2 Å². The van der Waals surface area contributed by atoms with E-state index < -0.39 is 12.2 Å². The molecular weight excluding hydrogens is 273 g/mol. The Bertz CT molecular complexity index is 459. The number of aromatic hydroxyl groups is 1. The second-order valence-corrected chi connectivity index (χ2v) is 4.65. The highest BCUT2D eigenvalue weighted by atomic mass is 19.4. The average Bonchev–Trinajstić information content (AvgIpc) is 2.41. The van der Waals surface area contributed by atoms with Gasteiger partial charge in [0.05, 0.1) is 7.11 Å². The number of benzene rings is 1. The van der Waals surface area contributed by atoms with Crippen molar-refractivity contribution in [2.24, 2.45) is 0 Å². The lowest BCUT2D eigenvalue weighted by atomic mass is 10.0. The summed E-state index contributed by atoms with van der Waals surface area (Å²) in [7, 11) is 1.38. The molecule has 20 heavy (non-hydrogen) atoms. The maximum absolute atomic E-state index is 13.4. The Morgan fingerprint density at radius 1 is 1.30 bits per heavy atom. The molecule has 0 bridgehead atoms. The first kappa shape index (κ1) is 14.9. The highest BCUT2D eigenvalue weighted by Crippen LogP contribution is 2.42. The van der Waals surface area contributed by atoms with Gasteiger partial charge in [-0.25, -0.2) is 0 Å². The van der Waals surface area contributed by atoms with Gasteiger partial charge in [0, 0.05) is 31.7 Å². The van der Waals surface area contributed by atoms with Crippen molar-refractivity contribution in [3.05, 3.63) is 23.8 Å². The largest absolute Gasteiger partial charge is 0.508 e. The van der Waals surface area contributed by atoms with Gasteiger partial charge in [-0.15, -0.1) is 0 Å². The number of phenolic OH excluding ortho intramolecular Hbond substituents is 1. The molecule has 0 saturated carbocycles. The van der Waals surface area contributed by atoms with Crippen LogP contribution < -0.4 is 10.1 Å². The molecule has 0 radical (unpaired) electrons. The molecule has 1 aliphatic heterocycles. The zero-order valence-corrected chi connectivity index (χ0v) is 11.1. The molecule has 1 atom stereocenters. The minimum Gasteiger partial charge on any atom is -0.508 e. The van der Waals surface area contributed by atoms with Crippen molar-refractivity contribution in [2.75, 3.05) is 33.3 Å². The van der Waals surface area contributed by atoms with E-state index in [-0.39, 0.29) is 24.4 Å². The zero-order valence-electron chi connectivity index (χ0n) is 11.1. The Balaban J connectivity index is 2.40. The molecule has 1 fully saturated rings. The van der Waals surface area contributed by atoms with E-state index in [0.29, 0.717) is 18.8 Å². The summed E-state index contributed by atoms with van der Waals surface area (Å²) in [6, 6.07) is 2.09. The van der Waals surface area contributed by atoms with Crippen LogP contribution in [0, 0.1) is 0 Å². The number of hydrogen-bond acceptors (Lipinski definition) is 4. The molecule has 0 aromatic heterocycles. The van der Waals surface area contributed by atoms with Crippen LogP contribution in [0.3, 0.4) is 0 Å². The number of ether oxygens (including phenoxy) is 1. The van der Waals surface area contributed by atoms with E-state index in [1.807, 2.05) is 0 Å². The number of nitrogens with zero attached hydrogens (tertiary/aromatic N) is 1. The standard InChI is InChI=1S/C13H17F3N2O2/c1-20-9-2-3-11(19)10(8-9)12(13(14,15)16)18-6-4-17-5-7-18/h2-3,8,12,17,19H,4-7H2,1H3/t12-/m0/s1. The molecule has 1 saturated heterocycles. The van der Waals surface area contributed by atoms with Crippen LogP contribution in [0.2, 0.25) is 0 Å². The molecule has 4 nitrogen and oxygen atoms in total. The number of rotatable bonds is 3. The number of halogens is 3. The highest BCUT2D eigenvalue weighted by molar-refractivity contribution is 5.42. The lowest BCUT2D eigenvalue weighted by Gasteiger charge is -2.36. The number of piperazine rings is 1. The molecule has 2 N–H and O–H groups in total. The third kappa shape index (κ3) is 3.16. The number of nitrogens with one attached hydrogen (secondary N) is 1. The normalized spacial score (nSPS) is 18.8. The Kier molecular flexibility index (Phi) is 4.39. The van der Waals surface area contributed by atoms with Crippen LogP contribution in [0.5, 0.6) is 11.5 Å². The molecule has 0 aliphatic carbocycles. The molecule has 7 heteroatoms. The van der Waals surface area contributed by atoms with Crippen molar-refractivity contribution in [1.82, 2.24) is 10.2 Å². The maximum atomic E-state index is 13.4. The molecule has 2 rings (SSSR count). The summed E-state index contributed by atoms with van der Waals surface area (Å²) in [5.74, 6) is -0.0751. The summed E-state index contributed by atoms with van der Waals surface area (Å²) < 4.78 is 45.1. The Hall–Kier alpha value is -1.47. The van der Waals surface area contributed by atoms with Gasteiger partial charge >= 0.3 is 6.18 Å². The SMILES string of the molecule is COc1ccc(O)c([C@H](N2CCNCC2)C(F)(F)F)c1. The summed E-state index contributed by atoms with van der Waals surface area (Å²) in [5, 5.41) is 12.8. The smallest absolute Gasteiger partial charge is 0.408 e. The van der Waals surface area contributed by atoms with Crippen LogP contribution >= 0.6 is 0 Å². The molecule has 1 heterocycles. The summed E-state index contributed by atoms with van der Waals surface area (Å²) in [5.41, 5.74) is -0.168. The topological polar surface area (TPSA) is 44.7 Å². The highest BCUT2D eigenvalue weighted by Gasteiger charge is 2.46. The molecule has 0 amide bonds. The first-order chi connectivity index (χ1) is 9.43. The van der Waals surface area contributed by atoms with Gasteiger partial charge in [0.2, 0.25) is 0 Å². The molecule has 0 spiro atoms. The van der Waals surface area contributed by atoms with Crippen molar-refractivity contribution in [3.63, 3.8) is 0 Å². The van der Waals surface area contributed by atoms with E-state index in [1.54, 1.807) is 0 Å². The third-order valence-electron chi connectivity index (χ3n) is 3.36. The zero-order chi connectivity index (χ0) is 14.8. The van der Waals surface area contributed by atoms with E-state index in [1.165, 1.54) is 30.2 Å². The number of hydrogen-bond donors (Lipinski definition) is 2. The monoisotopic (exact) mass is 290 g/mol. The van der Waals surface area contributed by atoms with E-state index >= 15 is 0 Å². The van der Waals surface area contributed by atoms with Gasteiger partial charge in [0.1, 0.15) is 17.5 Å². The van der Waals surface area contributed by atoms with Gasteiger partial charge in [0.25, 0.3) is 0 Å². The van der Waals surface area contributed by atoms with Crippen molar-refractivity contribution in [2.45, 2.75) is 12.2 Å². The van der Waals surface area contributed by atoms with Gasteiger partial charge in [0.15, 0.2) is 0 Å². The molecule has 1 aliphatic rings. The predicted octanol–water partition coefficient (Wildman–Crippen LogP) is 1.91. The number of phenols is 1. The number of alkyl halides is 3.